The van der Waals surface area contributed by atoms with Crippen LogP contribution in [0.3, 0.4) is 0 Å². The van der Waals surface area contributed by atoms with Gasteiger partial charge in [-0.2, -0.15) is 0 Å². The molecule has 0 saturated carbocycles. The van der Waals surface area contributed by atoms with Crippen molar-refractivity contribution in [3.05, 3.63) is 35.2 Å². The topological polar surface area (TPSA) is 43.1 Å². The quantitative estimate of drug-likeness (QED) is 0.861. The van der Waals surface area contributed by atoms with Gasteiger partial charge in [0.1, 0.15) is 5.78 Å². The van der Waals surface area contributed by atoms with Crippen molar-refractivity contribution in [3.8, 4) is 0 Å². The first-order valence-electron chi connectivity index (χ1n) is 4.89. The van der Waals surface area contributed by atoms with Crippen LogP contribution in [0.25, 0.3) is 10.1 Å². The summed E-state index contributed by atoms with van der Waals surface area (Å²) in [6.45, 7) is 1.54. The van der Waals surface area contributed by atoms with Gasteiger partial charge >= 0.3 is 0 Å². The molecule has 0 saturated heterocycles. The lowest BCUT2D eigenvalue weighted by molar-refractivity contribution is -0.118. The molecule has 0 amide bonds. The number of benzene rings is 1. The molecule has 0 bridgehead atoms. The Hall–Kier alpha value is -1.19. The fraction of sp³-hybridized carbons (Fsp3) is 0.250. The third kappa shape index (κ3) is 2.08. The van der Waals surface area contributed by atoms with Gasteiger partial charge in [-0.1, -0.05) is 18.2 Å². The highest BCUT2D eigenvalue weighted by Crippen LogP contribution is 2.26. The maximum Gasteiger partial charge on any atom is 0.146 e. The number of fused-ring (bicyclic) bond motifs is 1. The molecule has 0 fully saturated rings. The minimum Gasteiger partial charge on any atom is -0.321 e. The van der Waals surface area contributed by atoms with Crippen LogP contribution in [0.1, 0.15) is 12.5 Å². The average Bonchev–Trinajstić information content (AvgIpc) is 2.62. The zero-order valence-electron chi connectivity index (χ0n) is 8.57. The monoisotopic (exact) mass is 219 g/mol. The largest absolute Gasteiger partial charge is 0.321 e. The Labute approximate surface area is 92.7 Å². The third-order valence-electron chi connectivity index (χ3n) is 2.52. The van der Waals surface area contributed by atoms with Crippen LogP contribution in [0.4, 0.5) is 0 Å². The van der Waals surface area contributed by atoms with E-state index in [1.807, 2.05) is 12.1 Å². The summed E-state index contributed by atoms with van der Waals surface area (Å²) >= 11 is 1.70. The molecule has 0 radical (unpaired) electrons. The van der Waals surface area contributed by atoms with Gasteiger partial charge in [-0.05, 0) is 35.7 Å². The van der Waals surface area contributed by atoms with Gasteiger partial charge in [-0.3, -0.25) is 4.79 Å². The number of hydrogen-bond donors (Lipinski definition) is 1. The summed E-state index contributed by atoms with van der Waals surface area (Å²) in [6.07, 6.45) is 0.638. The van der Waals surface area contributed by atoms with Gasteiger partial charge < -0.3 is 5.73 Å². The Bertz CT molecular complexity index is 489. The summed E-state index contributed by atoms with van der Waals surface area (Å²) in [5, 5.41) is 3.31. The van der Waals surface area contributed by atoms with E-state index in [-0.39, 0.29) is 11.8 Å². The van der Waals surface area contributed by atoms with Crippen LogP contribution in [0.15, 0.2) is 29.6 Å². The van der Waals surface area contributed by atoms with Crippen molar-refractivity contribution in [2.24, 2.45) is 5.73 Å². The normalized spacial score (nSPS) is 12.9. The molecule has 1 atom stereocenters. The number of carbonyl (C=O) groups excluding carboxylic acids is 1. The molecule has 1 heterocycles. The Kier molecular flexibility index (Phi) is 2.84. The van der Waals surface area contributed by atoms with Crippen LogP contribution < -0.4 is 5.73 Å². The molecule has 2 nitrogen and oxygen atoms in total. The van der Waals surface area contributed by atoms with Crippen molar-refractivity contribution in [1.82, 2.24) is 0 Å². The molecule has 15 heavy (non-hydrogen) atoms. The van der Waals surface area contributed by atoms with E-state index >= 15 is 0 Å². The van der Waals surface area contributed by atoms with Crippen LogP contribution in [0.5, 0.6) is 0 Å². The Balaban J connectivity index is 2.32. The summed E-state index contributed by atoms with van der Waals surface area (Å²) in [7, 11) is 0. The number of Topliss-reactive ketones (excluding diaryl/α,β-unsaturated/α-hetero) is 1. The molecule has 0 aliphatic rings. The second-order valence-corrected chi connectivity index (χ2v) is 4.59. The number of nitrogens with two attached hydrogens (primary N) is 1. The van der Waals surface area contributed by atoms with Crippen LogP contribution in [0.2, 0.25) is 0 Å². The molecule has 78 valence electrons. The fourth-order valence-corrected chi connectivity index (χ4v) is 2.55. The van der Waals surface area contributed by atoms with Gasteiger partial charge in [0.05, 0.1) is 6.04 Å². The molecule has 0 unspecified atom stereocenters. The minimum atomic E-state index is -0.372. The highest BCUT2D eigenvalue weighted by molar-refractivity contribution is 7.17. The van der Waals surface area contributed by atoms with E-state index in [1.54, 1.807) is 18.3 Å². The molecule has 0 aliphatic carbocycles. The molecule has 0 spiro atoms. The van der Waals surface area contributed by atoms with Crippen LogP contribution in [-0.4, -0.2) is 11.8 Å². The van der Waals surface area contributed by atoms with Gasteiger partial charge in [0, 0.05) is 4.70 Å². The standard InChI is InChI=1S/C12H13NOS/c1-8(14)11(13)6-9-7-15-12-5-3-2-4-10(9)12/h2-5,7,11H,6,13H2,1H3/t11-/m1/s1. The van der Waals surface area contributed by atoms with E-state index in [2.05, 4.69) is 17.5 Å². The van der Waals surface area contributed by atoms with E-state index < -0.39 is 0 Å². The molecule has 1 aromatic heterocycles. The molecule has 2 aromatic rings. The predicted octanol–water partition coefficient (Wildman–Crippen LogP) is 2.36. The second-order valence-electron chi connectivity index (χ2n) is 3.68. The summed E-state index contributed by atoms with van der Waals surface area (Å²) < 4.78 is 1.25. The van der Waals surface area contributed by atoms with E-state index in [4.69, 9.17) is 5.73 Å². The lowest BCUT2D eigenvalue weighted by Gasteiger charge is -2.06. The number of ketones is 1. The van der Waals surface area contributed by atoms with Gasteiger partial charge in [0.25, 0.3) is 0 Å². The Morgan fingerprint density at radius 2 is 2.20 bits per heavy atom. The maximum absolute atomic E-state index is 11.1. The van der Waals surface area contributed by atoms with Crippen molar-refractivity contribution in [3.63, 3.8) is 0 Å². The highest BCUT2D eigenvalue weighted by atomic mass is 32.1. The van der Waals surface area contributed by atoms with Crippen LogP contribution in [-0.2, 0) is 11.2 Å². The second kappa shape index (κ2) is 4.13. The van der Waals surface area contributed by atoms with Gasteiger partial charge in [0.15, 0.2) is 0 Å². The fourth-order valence-electron chi connectivity index (χ4n) is 1.57. The molecular weight excluding hydrogens is 206 g/mol. The number of rotatable bonds is 3. The molecular formula is C12H13NOS. The molecule has 2 N–H and O–H groups in total. The smallest absolute Gasteiger partial charge is 0.146 e. The number of carbonyl (C=O) groups is 1. The van der Waals surface area contributed by atoms with E-state index in [0.29, 0.717) is 6.42 Å². The first kappa shape index (κ1) is 10.3. The first-order valence-corrected chi connectivity index (χ1v) is 5.77. The number of hydrogen-bond acceptors (Lipinski definition) is 3. The molecule has 0 aliphatic heterocycles. The van der Waals surface area contributed by atoms with Crippen molar-refractivity contribution >= 4 is 27.2 Å². The predicted molar refractivity (Wildman–Crippen MR) is 64.2 cm³/mol. The van der Waals surface area contributed by atoms with Crippen LogP contribution >= 0.6 is 11.3 Å². The Morgan fingerprint density at radius 3 is 2.93 bits per heavy atom. The molecule has 1 aromatic carbocycles. The zero-order valence-corrected chi connectivity index (χ0v) is 9.38. The summed E-state index contributed by atoms with van der Waals surface area (Å²) in [5.74, 6) is 0.0466. The van der Waals surface area contributed by atoms with E-state index in [1.165, 1.54) is 15.6 Å². The zero-order chi connectivity index (χ0) is 10.8. The summed E-state index contributed by atoms with van der Waals surface area (Å²) in [5.41, 5.74) is 6.93. The van der Waals surface area contributed by atoms with Crippen molar-refractivity contribution in [2.45, 2.75) is 19.4 Å². The van der Waals surface area contributed by atoms with Crippen molar-refractivity contribution in [2.75, 3.05) is 0 Å². The number of thiophene rings is 1. The minimum absolute atomic E-state index is 0.0466. The lowest BCUT2D eigenvalue weighted by Crippen LogP contribution is -2.30. The average molecular weight is 219 g/mol. The van der Waals surface area contributed by atoms with E-state index in [9.17, 15) is 4.79 Å². The third-order valence-corrected chi connectivity index (χ3v) is 3.54. The van der Waals surface area contributed by atoms with Gasteiger partial charge in [0.2, 0.25) is 0 Å². The van der Waals surface area contributed by atoms with Crippen LogP contribution in [0, 0.1) is 0 Å². The Morgan fingerprint density at radius 1 is 1.47 bits per heavy atom. The first-order chi connectivity index (χ1) is 7.18. The van der Waals surface area contributed by atoms with Crippen molar-refractivity contribution in [1.29, 1.82) is 0 Å². The SMILES string of the molecule is CC(=O)[C@H](N)Cc1csc2ccccc12. The maximum atomic E-state index is 11.1. The lowest BCUT2D eigenvalue weighted by atomic mass is 10.0. The van der Waals surface area contributed by atoms with Gasteiger partial charge in [-0.15, -0.1) is 11.3 Å². The van der Waals surface area contributed by atoms with E-state index in [0.717, 1.165) is 0 Å². The van der Waals surface area contributed by atoms with Gasteiger partial charge in [-0.25, -0.2) is 0 Å². The van der Waals surface area contributed by atoms with Crippen molar-refractivity contribution < 1.29 is 4.79 Å². The summed E-state index contributed by atoms with van der Waals surface area (Å²) in [4.78, 5) is 11.1. The highest BCUT2D eigenvalue weighted by Gasteiger charge is 2.11. The summed E-state index contributed by atoms with van der Waals surface area (Å²) in [6, 6.07) is 7.82. The molecule has 2 rings (SSSR count). The molecule has 3 heteroatoms.